The first-order valence-electron chi connectivity index (χ1n) is 9.09. The fraction of sp³-hybridized carbons (Fsp3) is 0.474. The molecule has 3 N–H and O–H groups in total. The summed E-state index contributed by atoms with van der Waals surface area (Å²) in [6.07, 6.45) is 5.61. The van der Waals surface area contributed by atoms with E-state index in [1.165, 1.54) is 12.1 Å². The lowest BCUT2D eigenvalue weighted by atomic mass is 10.2. The summed E-state index contributed by atoms with van der Waals surface area (Å²) in [5, 5.41) is 15.5. The van der Waals surface area contributed by atoms with Crippen molar-refractivity contribution in [3.05, 3.63) is 42.0 Å². The van der Waals surface area contributed by atoms with Gasteiger partial charge in [0.15, 0.2) is 5.96 Å². The standard InChI is InChI=1S/C19H27N5O2.HI/c1-20-19(24-13-8-16(14-24)23-11-2-3-12-23)22-10-9-21-18(26)15-4-6-17(25)7-5-15;/h2-7,16,25H,8-14H2,1H3,(H,20,22)(H,21,26);1H. The van der Waals surface area contributed by atoms with E-state index >= 15 is 0 Å². The van der Waals surface area contributed by atoms with Crippen LogP contribution in [-0.2, 0) is 0 Å². The summed E-state index contributed by atoms with van der Waals surface area (Å²) < 4.78 is 0. The van der Waals surface area contributed by atoms with Gasteiger partial charge in [0.05, 0.1) is 0 Å². The van der Waals surface area contributed by atoms with Crippen LogP contribution < -0.4 is 10.6 Å². The van der Waals surface area contributed by atoms with E-state index in [0.717, 1.165) is 38.6 Å². The molecule has 0 bridgehead atoms. The monoisotopic (exact) mass is 485 g/mol. The van der Waals surface area contributed by atoms with Crippen LogP contribution in [0.15, 0.2) is 41.4 Å². The molecular weight excluding hydrogens is 457 g/mol. The topological polar surface area (TPSA) is 80.2 Å². The number of phenolic OH excluding ortho intramolecular Hbond substituents is 1. The molecule has 27 heavy (non-hydrogen) atoms. The Bertz CT molecular complexity index is 669. The fourth-order valence-corrected chi connectivity index (χ4v) is 3.42. The van der Waals surface area contributed by atoms with Crippen LogP contribution in [0.1, 0.15) is 16.8 Å². The number of aromatic hydroxyl groups is 1. The minimum atomic E-state index is -0.149. The molecule has 0 radical (unpaired) electrons. The Morgan fingerprint density at radius 2 is 1.85 bits per heavy atom. The maximum absolute atomic E-state index is 12.0. The lowest BCUT2D eigenvalue weighted by Crippen LogP contribution is -2.45. The van der Waals surface area contributed by atoms with Gasteiger partial charge in [0.2, 0.25) is 0 Å². The third kappa shape index (κ3) is 5.83. The Hall–Kier alpha value is -1.81. The third-order valence-corrected chi connectivity index (χ3v) is 4.86. The number of nitrogens with zero attached hydrogens (tertiary/aromatic N) is 3. The van der Waals surface area contributed by atoms with Gasteiger partial charge in [-0.05, 0) is 30.7 Å². The van der Waals surface area contributed by atoms with Crippen molar-refractivity contribution < 1.29 is 9.90 Å². The highest BCUT2D eigenvalue weighted by molar-refractivity contribution is 14.0. The molecule has 1 fully saturated rings. The summed E-state index contributed by atoms with van der Waals surface area (Å²) in [6.45, 7) is 5.21. The molecule has 7 nitrogen and oxygen atoms in total. The van der Waals surface area contributed by atoms with Crippen molar-refractivity contribution in [2.45, 2.75) is 12.5 Å². The van der Waals surface area contributed by atoms with Gasteiger partial charge in [-0.25, -0.2) is 0 Å². The smallest absolute Gasteiger partial charge is 0.251 e. The molecule has 1 amide bonds. The van der Waals surface area contributed by atoms with E-state index < -0.39 is 0 Å². The van der Waals surface area contributed by atoms with Crippen LogP contribution in [0.25, 0.3) is 0 Å². The number of nitrogens with one attached hydrogen (secondary N) is 2. The van der Waals surface area contributed by atoms with E-state index in [1.54, 1.807) is 19.2 Å². The van der Waals surface area contributed by atoms with Gasteiger partial charge >= 0.3 is 0 Å². The normalized spacial score (nSPS) is 19.8. The molecule has 1 saturated heterocycles. The number of hydrogen-bond acceptors (Lipinski definition) is 4. The Labute approximate surface area is 177 Å². The van der Waals surface area contributed by atoms with Crippen molar-refractivity contribution in [1.29, 1.82) is 0 Å². The summed E-state index contributed by atoms with van der Waals surface area (Å²) in [5.41, 5.74) is 0.536. The molecule has 0 saturated carbocycles. The van der Waals surface area contributed by atoms with Crippen LogP contribution in [-0.4, -0.2) is 79.1 Å². The van der Waals surface area contributed by atoms with Gasteiger partial charge in [-0.1, -0.05) is 12.2 Å². The fourth-order valence-electron chi connectivity index (χ4n) is 3.42. The number of amides is 1. The lowest BCUT2D eigenvalue weighted by molar-refractivity contribution is 0.0954. The minimum absolute atomic E-state index is 0. The summed E-state index contributed by atoms with van der Waals surface area (Å²) in [7, 11) is 1.79. The number of carbonyl (C=O) groups excluding carboxylic acids is 1. The predicted molar refractivity (Wildman–Crippen MR) is 118 cm³/mol. The Morgan fingerprint density at radius 1 is 1.19 bits per heavy atom. The molecule has 2 aliphatic heterocycles. The number of rotatable bonds is 5. The molecule has 0 aromatic heterocycles. The van der Waals surface area contributed by atoms with Crippen LogP contribution in [0.3, 0.4) is 0 Å². The van der Waals surface area contributed by atoms with Gasteiger partial charge < -0.3 is 20.6 Å². The largest absolute Gasteiger partial charge is 0.508 e. The Kier molecular flexibility index (Phi) is 8.36. The molecule has 0 aliphatic carbocycles. The van der Waals surface area contributed by atoms with Crippen molar-refractivity contribution in [1.82, 2.24) is 20.4 Å². The van der Waals surface area contributed by atoms with Crippen molar-refractivity contribution >= 4 is 35.8 Å². The molecule has 8 heteroatoms. The molecule has 1 aromatic carbocycles. The van der Waals surface area contributed by atoms with E-state index in [9.17, 15) is 9.90 Å². The number of hydrogen-bond donors (Lipinski definition) is 3. The number of benzene rings is 1. The lowest BCUT2D eigenvalue weighted by Gasteiger charge is -2.25. The number of halogens is 1. The average Bonchev–Trinajstić information content (AvgIpc) is 3.34. The maximum atomic E-state index is 12.0. The van der Waals surface area contributed by atoms with Gasteiger partial charge in [0.25, 0.3) is 5.91 Å². The Morgan fingerprint density at radius 3 is 2.52 bits per heavy atom. The molecule has 1 unspecified atom stereocenters. The number of aliphatic imine (C=N–C) groups is 1. The quantitative estimate of drug-likeness (QED) is 0.193. The number of carbonyl (C=O) groups is 1. The van der Waals surface area contributed by atoms with Gasteiger partial charge in [-0.3, -0.25) is 14.7 Å². The van der Waals surface area contributed by atoms with Crippen LogP contribution in [0.2, 0.25) is 0 Å². The number of phenols is 1. The third-order valence-electron chi connectivity index (χ3n) is 4.86. The zero-order valence-corrected chi connectivity index (χ0v) is 17.9. The second-order valence-corrected chi connectivity index (χ2v) is 6.59. The van der Waals surface area contributed by atoms with Gasteiger partial charge in [-0.15, -0.1) is 24.0 Å². The number of guanidine groups is 1. The highest BCUT2D eigenvalue weighted by Gasteiger charge is 2.29. The van der Waals surface area contributed by atoms with Crippen molar-refractivity contribution in [2.24, 2.45) is 4.99 Å². The second-order valence-electron chi connectivity index (χ2n) is 6.59. The van der Waals surface area contributed by atoms with Crippen molar-refractivity contribution in [3.8, 4) is 5.75 Å². The average molecular weight is 485 g/mol. The highest BCUT2D eigenvalue weighted by atomic mass is 127. The number of likely N-dealkylation sites (tertiary alicyclic amines) is 1. The zero-order chi connectivity index (χ0) is 18.4. The van der Waals surface area contributed by atoms with Gasteiger partial charge in [-0.2, -0.15) is 0 Å². The molecule has 2 aliphatic rings. The maximum Gasteiger partial charge on any atom is 0.251 e. The molecule has 3 rings (SSSR count). The molecular formula is C19H28IN5O2. The van der Waals surface area contributed by atoms with E-state index in [-0.39, 0.29) is 35.6 Å². The molecule has 148 valence electrons. The SMILES string of the molecule is CN=C(NCCNC(=O)c1ccc(O)cc1)N1CCC(N2CC=CC2)C1.I. The molecule has 0 spiro atoms. The highest BCUT2D eigenvalue weighted by Crippen LogP contribution is 2.17. The first kappa shape index (κ1) is 21.5. The summed E-state index contributed by atoms with van der Waals surface area (Å²) in [4.78, 5) is 21.2. The van der Waals surface area contributed by atoms with Crippen LogP contribution in [0.5, 0.6) is 5.75 Å². The summed E-state index contributed by atoms with van der Waals surface area (Å²) in [5.74, 6) is 0.892. The van der Waals surface area contributed by atoms with Gasteiger partial charge in [0, 0.05) is 57.9 Å². The molecule has 2 heterocycles. The van der Waals surface area contributed by atoms with E-state index in [2.05, 4.69) is 37.6 Å². The minimum Gasteiger partial charge on any atom is -0.508 e. The van der Waals surface area contributed by atoms with Crippen LogP contribution in [0.4, 0.5) is 0 Å². The van der Waals surface area contributed by atoms with Crippen LogP contribution in [0, 0.1) is 0 Å². The first-order valence-corrected chi connectivity index (χ1v) is 9.09. The van der Waals surface area contributed by atoms with E-state index in [4.69, 9.17) is 0 Å². The molecule has 1 aromatic rings. The summed E-state index contributed by atoms with van der Waals surface area (Å²) >= 11 is 0. The van der Waals surface area contributed by atoms with Crippen molar-refractivity contribution in [3.63, 3.8) is 0 Å². The van der Waals surface area contributed by atoms with Crippen molar-refractivity contribution in [2.75, 3.05) is 46.3 Å². The first-order chi connectivity index (χ1) is 12.7. The Balaban J connectivity index is 0.00000261. The second kappa shape index (κ2) is 10.5. The van der Waals surface area contributed by atoms with E-state index in [1.807, 2.05) is 0 Å². The van der Waals surface area contributed by atoms with E-state index in [0.29, 0.717) is 24.7 Å². The molecule has 1 atom stereocenters. The summed E-state index contributed by atoms with van der Waals surface area (Å²) in [6, 6.07) is 6.81. The van der Waals surface area contributed by atoms with Crippen LogP contribution >= 0.6 is 24.0 Å². The zero-order valence-electron chi connectivity index (χ0n) is 15.6. The predicted octanol–water partition coefficient (Wildman–Crippen LogP) is 1.26. The van der Waals surface area contributed by atoms with Gasteiger partial charge in [0.1, 0.15) is 5.75 Å².